The summed E-state index contributed by atoms with van der Waals surface area (Å²) in [6.07, 6.45) is 10.9. The summed E-state index contributed by atoms with van der Waals surface area (Å²) in [4.78, 5) is 8.36. The van der Waals surface area contributed by atoms with E-state index in [0.29, 0.717) is 5.37 Å². The van der Waals surface area contributed by atoms with Crippen LogP contribution in [0.3, 0.4) is 0 Å². The number of piperidine rings is 1. The van der Waals surface area contributed by atoms with Crippen LogP contribution in [0.2, 0.25) is 0 Å². The fourth-order valence-corrected chi connectivity index (χ4v) is 4.80. The number of aromatic nitrogens is 2. The number of thioether (sulfide) groups is 1. The van der Waals surface area contributed by atoms with E-state index in [9.17, 15) is 0 Å². The lowest BCUT2D eigenvalue weighted by Gasteiger charge is -2.34. The molecule has 2 aliphatic rings. The van der Waals surface area contributed by atoms with Crippen LogP contribution in [0.15, 0.2) is 41.8 Å². The molecule has 1 atom stereocenters. The third kappa shape index (κ3) is 2.75. The van der Waals surface area contributed by atoms with Crippen LogP contribution in [0.4, 0.5) is 0 Å². The van der Waals surface area contributed by atoms with Gasteiger partial charge in [0.05, 0.1) is 5.37 Å². The summed E-state index contributed by atoms with van der Waals surface area (Å²) >= 11 is 2.04. The van der Waals surface area contributed by atoms with Gasteiger partial charge >= 0.3 is 0 Å². The number of hydrogen-bond acceptors (Lipinski definition) is 4. The largest absolute Gasteiger partial charge is 0.360 e. The molecule has 0 aliphatic carbocycles. The summed E-state index contributed by atoms with van der Waals surface area (Å²) in [6.45, 7) is 5.53. The predicted molar refractivity (Wildman–Crippen MR) is 91.5 cm³/mol. The van der Waals surface area contributed by atoms with Crippen molar-refractivity contribution >= 4 is 17.4 Å². The van der Waals surface area contributed by atoms with Gasteiger partial charge in [0.1, 0.15) is 5.65 Å². The Balaban J connectivity index is 1.53. The zero-order chi connectivity index (χ0) is 14.9. The summed E-state index contributed by atoms with van der Waals surface area (Å²) in [5, 5.41) is 4.07. The van der Waals surface area contributed by atoms with Gasteiger partial charge in [0, 0.05) is 31.3 Å². The second-order valence-electron chi connectivity index (χ2n) is 6.24. The van der Waals surface area contributed by atoms with E-state index in [1.54, 1.807) is 0 Å². The molecular formula is C17H22N4S. The highest BCUT2D eigenvalue weighted by Gasteiger charge is 2.32. The van der Waals surface area contributed by atoms with Crippen LogP contribution >= 0.6 is 11.8 Å². The Kier molecular flexibility index (Phi) is 3.84. The quantitative estimate of drug-likeness (QED) is 0.944. The molecule has 1 saturated heterocycles. The molecule has 1 N–H and O–H groups in total. The Bertz CT molecular complexity index is 687. The first-order valence-electron chi connectivity index (χ1n) is 8.03. The minimum Gasteiger partial charge on any atom is -0.360 e. The van der Waals surface area contributed by atoms with E-state index in [4.69, 9.17) is 0 Å². The van der Waals surface area contributed by atoms with Gasteiger partial charge in [0.25, 0.3) is 0 Å². The smallest absolute Gasteiger partial charge is 0.136 e. The molecule has 0 amide bonds. The molecular weight excluding hydrogens is 292 g/mol. The summed E-state index contributed by atoms with van der Waals surface area (Å²) in [6, 6.07) is 4.41. The van der Waals surface area contributed by atoms with Gasteiger partial charge in [-0.05, 0) is 61.4 Å². The van der Waals surface area contributed by atoms with Crippen LogP contribution < -0.4 is 5.32 Å². The van der Waals surface area contributed by atoms with Crippen molar-refractivity contribution in [2.45, 2.75) is 31.7 Å². The Hall–Kier alpha value is -1.46. The van der Waals surface area contributed by atoms with Crippen LogP contribution in [0.1, 0.15) is 25.3 Å². The molecule has 5 heteroatoms. The molecule has 4 nitrogen and oxygen atoms in total. The van der Waals surface area contributed by atoms with E-state index in [-0.39, 0.29) is 0 Å². The van der Waals surface area contributed by atoms with Crippen molar-refractivity contribution in [1.82, 2.24) is 19.6 Å². The number of allylic oxidation sites excluding steroid dienone is 1. The van der Waals surface area contributed by atoms with Crippen LogP contribution in [0, 0.1) is 5.92 Å². The Morgan fingerprint density at radius 3 is 3.05 bits per heavy atom. The van der Waals surface area contributed by atoms with Gasteiger partial charge in [-0.2, -0.15) is 0 Å². The van der Waals surface area contributed by atoms with E-state index in [2.05, 4.69) is 51.1 Å². The molecule has 2 aromatic heterocycles. The van der Waals surface area contributed by atoms with Crippen molar-refractivity contribution in [3.05, 3.63) is 47.4 Å². The Labute approximate surface area is 135 Å². The lowest BCUT2D eigenvalue weighted by molar-refractivity contribution is 0.236. The van der Waals surface area contributed by atoms with E-state index < -0.39 is 0 Å². The van der Waals surface area contributed by atoms with E-state index in [1.165, 1.54) is 23.3 Å². The zero-order valence-corrected chi connectivity index (χ0v) is 13.7. The molecule has 2 aromatic rings. The summed E-state index contributed by atoms with van der Waals surface area (Å²) in [5.41, 5.74) is 2.37. The SMILES string of the molecule is CC1=CN(Cc2ccn3ccnc3c2)C(C2CCNCC2)S1. The topological polar surface area (TPSA) is 32.6 Å². The van der Waals surface area contributed by atoms with E-state index in [0.717, 1.165) is 31.2 Å². The highest BCUT2D eigenvalue weighted by atomic mass is 32.2. The molecule has 0 bridgehead atoms. The maximum absolute atomic E-state index is 4.39. The molecule has 4 rings (SSSR count). The molecule has 0 saturated carbocycles. The first-order chi connectivity index (χ1) is 10.8. The highest BCUT2D eigenvalue weighted by Crippen LogP contribution is 2.40. The number of hydrogen-bond donors (Lipinski definition) is 1. The van der Waals surface area contributed by atoms with Crippen molar-refractivity contribution in [2.75, 3.05) is 13.1 Å². The standard InChI is InChI=1S/C17H22N4S/c1-13-11-21(17(22-13)15-2-5-18-6-3-15)12-14-4-8-20-9-7-19-16(20)10-14/h4,7-11,15,17-18H,2-3,5-6,12H2,1H3. The molecule has 1 fully saturated rings. The van der Waals surface area contributed by atoms with Crippen molar-refractivity contribution < 1.29 is 0 Å². The summed E-state index contributed by atoms with van der Waals surface area (Å²) < 4.78 is 2.06. The van der Waals surface area contributed by atoms with Crippen LogP contribution in [0.5, 0.6) is 0 Å². The average Bonchev–Trinajstić information content (AvgIpc) is 3.14. The Morgan fingerprint density at radius 2 is 2.18 bits per heavy atom. The third-order valence-corrected chi connectivity index (χ3v) is 5.97. The van der Waals surface area contributed by atoms with Crippen LogP contribution in [0.25, 0.3) is 5.65 Å². The number of imidazole rings is 1. The van der Waals surface area contributed by atoms with Crippen molar-refractivity contribution in [2.24, 2.45) is 5.92 Å². The lowest BCUT2D eigenvalue weighted by atomic mass is 9.97. The highest BCUT2D eigenvalue weighted by molar-refractivity contribution is 8.03. The first kappa shape index (κ1) is 14.2. The molecule has 0 radical (unpaired) electrons. The molecule has 116 valence electrons. The summed E-state index contributed by atoms with van der Waals surface area (Å²) in [5.74, 6) is 0.787. The van der Waals surface area contributed by atoms with E-state index in [1.807, 2.05) is 24.2 Å². The second kappa shape index (κ2) is 5.97. The van der Waals surface area contributed by atoms with Crippen LogP contribution in [-0.2, 0) is 6.54 Å². The van der Waals surface area contributed by atoms with Gasteiger partial charge < -0.3 is 14.6 Å². The monoisotopic (exact) mass is 314 g/mol. The van der Waals surface area contributed by atoms with Crippen molar-refractivity contribution in [3.8, 4) is 0 Å². The maximum Gasteiger partial charge on any atom is 0.136 e. The zero-order valence-electron chi connectivity index (χ0n) is 12.9. The average molecular weight is 314 g/mol. The van der Waals surface area contributed by atoms with Crippen LogP contribution in [-0.4, -0.2) is 32.7 Å². The molecule has 22 heavy (non-hydrogen) atoms. The van der Waals surface area contributed by atoms with Gasteiger partial charge in [-0.3, -0.25) is 0 Å². The number of fused-ring (bicyclic) bond motifs is 1. The molecule has 0 aromatic carbocycles. The van der Waals surface area contributed by atoms with Gasteiger partial charge in [0.15, 0.2) is 0 Å². The minimum absolute atomic E-state index is 0.595. The van der Waals surface area contributed by atoms with Gasteiger partial charge in [-0.15, -0.1) is 11.8 Å². The van der Waals surface area contributed by atoms with Gasteiger partial charge in [0.2, 0.25) is 0 Å². The number of pyridine rings is 1. The number of rotatable bonds is 3. The lowest BCUT2D eigenvalue weighted by Crippen LogP contribution is -2.38. The Morgan fingerprint density at radius 1 is 1.32 bits per heavy atom. The van der Waals surface area contributed by atoms with Gasteiger partial charge in [-0.1, -0.05) is 0 Å². The maximum atomic E-state index is 4.39. The first-order valence-corrected chi connectivity index (χ1v) is 8.91. The fourth-order valence-electron chi connectivity index (χ4n) is 3.49. The molecule has 0 spiro atoms. The molecule has 1 unspecified atom stereocenters. The fraction of sp³-hybridized carbons (Fsp3) is 0.471. The predicted octanol–water partition coefficient (Wildman–Crippen LogP) is 3.07. The van der Waals surface area contributed by atoms with Gasteiger partial charge in [-0.25, -0.2) is 4.98 Å². The third-order valence-electron chi connectivity index (χ3n) is 4.60. The van der Waals surface area contributed by atoms with Crippen molar-refractivity contribution in [3.63, 3.8) is 0 Å². The summed E-state index contributed by atoms with van der Waals surface area (Å²) in [7, 11) is 0. The second-order valence-corrected chi connectivity index (χ2v) is 7.60. The molecule has 4 heterocycles. The number of nitrogens with zero attached hydrogens (tertiary/aromatic N) is 3. The minimum atomic E-state index is 0.595. The number of nitrogens with one attached hydrogen (secondary N) is 1. The molecule has 2 aliphatic heterocycles. The van der Waals surface area contributed by atoms with Crippen molar-refractivity contribution in [1.29, 1.82) is 0 Å². The normalized spacial score (nSPS) is 23.2. The van der Waals surface area contributed by atoms with E-state index >= 15 is 0 Å².